The van der Waals surface area contributed by atoms with Crippen molar-refractivity contribution in [2.75, 3.05) is 6.61 Å². The van der Waals surface area contributed by atoms with Crippen LogP contribution in [0, 0.1) is 0 Å². The van der Waals surface area contributed by atoms with Crippen LogP contribution in [0.25, 0.3) is 33.4 Å². The Morgan fingerprint density at radius 2 is 1.89 bits per heavy atom. The predicted octanol–water partition coefficient (Wildman–Crippen LogP) is 3.00. The summed E-state index contributed by atoms with van der Waals surface area (Å²) >= 11 is 0. The lowest BCUT2D eigenvalue weighted by molar-refractivity contribution is -0.192. The van der Waals surface area contributed by atoms with E-state index in [1.807, 2.05) is 36.7 Å². The van der Waals surface area contributed by atoms with E-state index in [1.54, 1.807) is 4.68 Å². The number of alkyl halides is 3. The number of aliphatic hydroxyl groups is 1. The minimum absolute atomic E-state index is 0.102. The number of benzene rings is 1. The maximum atomic E-state index is 12.6. The van der Waals surface area contributed by atoms with Gasteiger partial charge in [0.2, 0.25) is 0 Å². The maximum absolute atomic E-state index is 12.6. The van der Waals surface area contributed by atoms with Gasteiger partial charge in [-0.1, -0.05) is 18.2 Å². The molecule has 3 aromatic heterocycles. The summed E-state index contributed by atoms with van der Waals surface area (Å²) in [5.74, 6) is -2.92. The number of aryl methyl sites for hydroxylation is 1. The molecule has 0 fully saturated rings. The van der Waals surface area contributed by atoms with Gasteiger partial charge in [-0.3, -0.25) is 19.4 Å². The van der Waals surface area contributed by atoms with E-state index in [4.69, 9.17) is 15.0 Å². The SMILES string of the molecule is O=C(O)C(F)(F)F.O=C1NC(CO)Cn2nc3c(c21)CCc1cnc(-c2cnc4ccccc4c2)cc1-3. The monoisotopic (exact) mass is 511 g/mol. The van der Waals surface area contributed by atoms with Gasteiger partial charge in [-0.15, -0.1) is 0 Å². The molecule has 9 nitrogen and oxygen atoms in total. The lowest BCUT2D eigenvalue weighted by Gasteiger charge is -2.23. The summed E-state index contributed by atoms with van der Waals surface area (Å²) in [4.78, 5) is 30.7. The average molecular weight is 511 g/mol. The number of nitrogens with zero attached hydrogens (tertiary/aromatic N) is 4. The number of carbonyl (C=O) groups is 2. The summed E-state index contributed by atoms with van der Waals surface area (Å²) < 4.78 is 33.5. The van der Waals surface area contributed by atoms with Crippen LogP contribution in [-0.2, 0) is 24.2 Å². The van der Waals surface area contributed by atoms with E-state index in [-0.39, 0.29) is 18.6 Å². The van der Waals surface area contributed by atoms with Gasteiger partial charge in [0.15, 0.2) is 0 Å². The summed E-state index contributed by atoms with van der Waals surface area (Å²) in [6.45, 7) is 0.377. The van der Waals surface area contributed by atoms with Crippen LogP contribution >= 0.6 is 0 Å². The minimum atomic E-state index is -5.08. The number of carboxylic acids is 1. The highest BCUT2D eigenvalue weighted by molar-refractivity contribution is 5.97. The largest absolute Gasteiger partial charge is 0.490 e. The topological polar surface area (TPSA) is 130 Å². The average Bonchev–Trinajstić information content (AvgIpc) is 3.27. The number of fused-ring (bicyclic) bond motifs is 6. The van der Waals surface area contributed by atoms with Gasteiger partial charge in [0.05, 0.1) is 36.1 Å². The molecule has 1 aliphatic heterocycles. The molecule has 6 rings (SSSR count). The Balaban J connectivity index is 0.000000355. The first-order valence-electron chi connectivity index (χ1n) is 11.3. The van der Waals surface area contributed by atoms with Crippen LogP contribution in [0.3, 0.4) is 0 Å². The molecule has 0 spiro atoms. The summed E-state index contributed by atoms with van der Waals surface area (Å²) in [5.41, 5.74) is 7.33. The molecule has 1 unspecified atom stereocenters. The van der Waals surface area contributed by atoms with E-state index in [2.05, 4.69) is 27.4 Å². The smallest absolute Gasteiger partial charge is 0.475 e. The fourth-order valence-electron chi connectivity index (χ4n) is 4.48. The number of pyridine rings is 2. The molecule has 0 saturated heterocycles. The van der Waals surface area contributed by atoms with Crippen LogP contribution in [-0.4, -0.2) is 60.7 Å². The molecule has 1 atom stereocenters. The maximum Gasteiger partial charge on any atom is 0.490 e. The number of nitrogens with one attached hydrogen (secondary N) is 1. The van der Waals surface area contributed by atoms with Crippen LogP contribution < -0.4 is 5.32 Å². The van der Waals surface area contributed by atoms with Gasteiger partial charge < -0.3 is 15.5 Å². The molecule has 0 saturated carbocycles. The first kappa shape index (κ1) is 24.4. The zero-order valence-corrected chi connectivity index (χ0v) is 19.2. The number of aliphatic carboxylic acids is 1. The number of halogens is 3. The second-order valence-electron chi connectivity index (χ2n) is 8.66. The molecular weight excluding hydrogens is 491 g/mol. The lowest BCUT2D eigenvalue weighted by atomic mass is 9.89. The first-order chi connectivity index (χ1) is 17.7. The Kier molecular flexibility index (Phi) is 6.12. The fraction of sp³-hybridized carbons (Fsp3) is 0.240. The summed E-state index contributed by atoms with van der Waals surface area (Å²) in [6.07, 6.45) is 0.254. The zero-order chi connectivity index (χ0) is 26.3. The van der Waals surface area contributed by atoms with Crippen molar-refractivity contribution >= 4 is 22.8 Å². The molecule has 2 aliphatic rings. The van der Waals surface area contributed by atoms with Crippen LogP contribution in [0.4, 0.5) is 13.2 Å². The summed E-state index contributed by atoms with van der Waals surface area (Å²) in [5, 5.41) is 25.3. The van der Waals surface area contributed by atoms with E-state index in [0.717, 1.165) is 57.4 Å². The summed E-state index contributed by atoms with van der Waals surface area (Å²) in [7, 11) is 0. The number of hydrogen-bond donors (Lipinski definition) is 3. The van der Waals surface area contributed by atoms with E-state index >= 15 is 0 Å². The number of amides is 1. The van der Waals surface area contributed by atoms with Crippen molar-refractivity contribution < 1.29 is 33.0 Å². The van der Waals surface area contributed by atoms with Gasteiger partial charge in [0, 0.05) is 34.5 Å². The number of aromatic nitrogens is 4. The van der Waals surface area contributed by atoms with Crippen LogP contribution in [0.2, 0.25) is 0 Å². The molecule has 1 aliphatic carbocycles. The first-order valence-corrected chi connectivity index (χ1v) is 11.3. The highest BCUT2D eigenvalue weighted by Gasteiger charge is 2.38. The van der Waals surface area contributed by atoms with Crippen molar-refractivity contribution in [3.8, 4) is 22.5 Å². The Hall–Kier alpha value is -4.32. The third-order valence-electron chi connectivity index (χ3n) is 6.23. The minimum Gasteiger partial charge on any atom is -0.475 e. The number of carbonyl (C=O) groups excluding carboxylic acids is 1. The third-order valence-corrected chi connectivity index (χ3v) is 6.23. The highest BCUT2D eigenvalue weighted by atomic mass is 19.4. The Labute approximate surface area is 207 Å². The quantitative estimate of drug-likeness (QED) is 0.377. The van der Waals surface area contributed by atoms with Gasteiger partial charge in [-0.25, -0.2) is 4.79 Å². The van der Waals surface area contributed by atoms with E-state index in [9.17, 15) is 23.1 Å². The Morgan fingerprint density at radius 1 is 1.14 bits per heavy atom. The van der Waals surface area contributed by atoms with Crippen molar-refractivity contribution in [1.29, 1.82) is 0 Å². The van der Waals surface area contributed by atoms with Crippen molar-refractivity contribution in [3.63, 3.8) is 0 Å². The molecule has 3 N–H and O–H groups in total. The van der Waals surface area contributed by atoms with Crippen molar-refractivity contribution in [2.45, 2.75) is 31.6 Å². The van der Waals surface area contributed by atoms with Gasteiger partial charge >= 0.3 is 12.1 Å². The molecule has 37 heavy (non-hydrogen) atoms. The molecule has 0 bridgehead atoms. The zero-order valence-electron chi connectivity index (χ0n) is 19.2. The second-order valence-corrected chi connectivity index (χ2v) is 8.66. The van der Waals surface area contributed by atoms with Crippen molar-refractivity contribution in [2.24, 2.45) is 0 Å². The van der Waals surface area contributed by atoms with Gasteiger partial charge in [0.1, 0.15) is 5.69 Å². The van der Waals surface area contributed by atoms with Gasteiger partial charge in [0.25, 0.3) is 5.91 Å². The third kappa shape index (κ3) is 4.62. The number of rotatable bonds is 2. The molecule has 1 aromatic carbocycles. The van der Waals surface area contributed by atoms with Gasteiger partial charge in [-0.05, 0) is 36.6 Å². The van der Waals surface area contributed by atoms with Crippen LogP contribution in [0.1, 0.15) is 21.6 Å². The highest BCUT2D eigenvalue weighted by Crippen LogP contribution is 2.37. The van der Waals surface area contributed by atoms with E-state index < -0.39 is 12.1 Å². The molecule has 190 valence electrons. The molecule has 0 radical (unpaired) electrons. The Morgan fingerprint density at radius 3 is 2.62 bits per heavy atom. The second kappa shape index (κ2) is 9.28. The molecule has 4 heterocycles. The molecule has 12 heteroatoms. The normalized spacial score (nSPS) is 16.1. The van der Waals surface area contributed by atoms with Crippen LogP contribution in [0.5, 0.6) is 0 Å². The number of carboxylic acid groups (broad SMARTS) is 1. The lowest BCUT2D eigenvalue weighted by Crippen LogP contribution is -2.46. The molecule has 4 aromatic rings. The number of hydrogen-bond acceptors (Lipinski definition) is 6. The van der Waals surface area contributed by atoms with Gasteiger partial charge in [-0.2, -0.15) is 18.3 Å². The number of para-hydroxylation sites is 1. The summed E-state index contributed by atoms with van der Waals surface area (Å²) in [6, 6.07) is 11.9. The Bertz CT molecular complexity index is 1530. The van der Waals surface area contributed by atoms with E-state index in [0.29, 0.717) is 12.2 Å². The predicted molar refractivity (Wildman–Crippen MR) is 126 cm³/mol. The fourth-order valence-corrected chi connectivity index (χ4v) is 4.48. The van der Waals surface area contributed by atoms with Crippen molar-refractivity contribution in [3.05, 3.63) is 65.6 Å². The van der Waals surface area contributed by atoms with E-state index in [1.165, 1.54) is 0 Å². The number of aliphatic hydroxyl groups excluding tert-OH is 1. The van der Waals surface area contributed by atoms with Crippen LogP contribution in [0.15, 0.2) is 48.8 Å². The standard InChI is InChI=1S/C23H19N5O2.C2HF3O2/c29-12-16-11-28-22(23(30)26-16)17-6-5-14-9-25-20(8-18(14)21(17)27-28)15-7-13-3-1-2-4-19(13)24-10-15;3-2(4,5)1(6)7/h1-4,7-10,16,29H,5-6,11-12H2,(H,26,30);(H,6,7). The molecule has 1 amide bonds. The molecular formula is C25H20F3N5O4. The van der Waals surface area contributed by atoms with Crippen molar-refractivity contribution in [1.82, 2.24) is 25.1 Å².